The fourth-order valence-electron chi connectivity index (χ4n) is 4.11. The van der Waals surface area contributed by atoms with Crippen LogP contribution in [0.3, 0.4) is 0 Å². The predicted molar refractivity (Wildman–Crippen MR) is 116 cm³/mol. The second kappa shape index (κ2) is 8.79. The van der Waals surface area contributed by atoms with Crippen molar-refractivity contribution in [1.82, 2.24) is 14.3 Å². The van der Waals surface area contributed by atoms with Gasteiger partial charge in [0.25, 0.3) is 5.91 Å². The van der Waals surface area contributed by atoms with Gasteiger partial charge in [0.2, 0.25) is 0 Å². The first-order chi connectivity index (χ1) is 14.8. The van der Waals surface area contributed by atoms with Crippen molar-refractivity contribution in [2.45, 2.75) is 29.8 Å². The monoisotopic (exact) mass is 423 g/mol. The van der Waals surface area contributed by atoms with E-state index in [1.54, 1.807) is 11.8 Å². The SMILES string of the molecule is O=C(c1ccc(SCc2cn3ccccc3n2)cc1)N1CCC(C2OCCO2)CC1. The molecule has 0 unspecified atom stereocenters. The van der Waals surface area contributed by atoms with Crippen molar-refractivity contribution < 1.29 is 14.3 Å². The third kappa shape index (κ3) is 4.24. The molecule has 7 heteroatoms. The third-order valence-electron chi connectivity index (χ3n) is 5.76. The van der Waals surface area contributed by atoms with Crippen LogP contribution < -0.4 is 0 Å². The quantitative estimate of drug-likeness (QED) is 0.584. The molecule has 0 saturated carbocycles. The van der Waals surface area contributed by atoms with E-state index in [0.29, 0.717) is 19.1 Å². The molecule has 2 aliphatic rings. The molecule has 2 saturated heterocycles. The lowest BCUT2D eigenvalue weighted by Crippen LogP contribution is -2.41. The standard InChI is InChI=1S/C23H25N3O3S/c27-22(25-11-8-18(9-12-25)23-28-13-14-29-23)17-4-6-20(7-5-17)30-16-19-15-26-10-2-1-3-21(26)24-19/h1-7,10,15,18,23H,8-9,11-14,16H2. The van der Waals surface area contributed by atoms with Gasteiger partial charge in [-0.1, -0.05) is 6.07 Å². The minimum atomic E-state index is -0.0773. The number of ether oxygens (including phenoxy) is 2. The first-order valence-corrected chi connectivity index (χ1v) is 11.4. The number of thioether (sulfide) groups is 1. The lowest BCUT2D eigenvalue weighted by Gasteiger charge is -2.33. The van der Waals surface area contributed by atoms with E-state index in [4.69, 9.17) is 9.47 Å². The average Bonchev–Trinajstić information content (AvgIpc) is 3.47. The van der Waals surface area contributed by atoms with Crippen LogP contribution in [0, 0.1) is 5.92 Å². The molecule has 0 bridgehead atoms. The van der Waals surface area contributed by atoms with Crippen molar-refractivity contribution >= 4 is 23.3 Å². The Balaban J connectivity index is 1.15. The molecule has 0 aliphatic carbocycles. The Bertz CT molecular complexity index is 973. The maximum atomic E-state index is 12.9. The molecule has 0 atom stereocenters. The Labute approximate surface area is 180 Å². The van der Waals surface area contributed by atoms with Crippen LogP contribution in [-0.4, -0.2) is 52.8 Å². The summed E-state index contributed by atoms with van der Waals surface area (Å²) < 4.78 is 13.3. The first-order valence-electron chi connectivity index (χ1n) is 10.4. The van der Waals surface area contributed by atoms with Gasteiger partial charge in [-0.25, -0.2) is 4.98 Å². The van der Waals surface area contributed by atoms with Gasteiger partial charge in [-0.3, -0.25) is 4.79 Å². The van der Waals surface area contributed by atoms with Gasteiger partial charge in [0, 0.05) is 47.6 Å². The summed E-state index contributed by atoms with van der Waals surface area (Å²) in [4.78, 5) is 20.6. The van der Waals surface area contributed by atoms with Gasteiger partial charge in [-0.15, -0.1) is 11.8 Å². The fraction of sp³-hybridized carbons (Fsp3) is 0.391. The Morgan fingerprint density at radius 3 is 2.57 bits per heavy atom. The van der Waals surface area contributed by atoms with Crippen LogP contribution in [0.25, 0.3) is 5.65 Å². The van der Waals surface area contributed by atoms with Crippen molar-refractivity contribution in [3.63, 3.8) is 0 Å². The number of benzene rings is 1. The summed E-state index contributed by atoms with van der Waals surface area (Å²) >= 11 is 1.73. The average molecular weight is 424 g/mol. The molecule has 1 aromatic carbocycles. The number of likely N-dealkylation sites (tertiary alicyclic amines) is 1. The summed E-state index contributed by atoms with van der Waals surface area (Å²) in [7, 11) is 0. The highest BCUT2D eigenvalue weighted by Crippen LogP contribution is 2.27. The normalized spacial score (nSPS) is 18.3. The molecule has 1 amide bonds. The minimum Gasteiger partial charge on any atom is -0.350 e. The van der Waals surface area contributed by atoms with Crippen LogP contribution in [0.1, 0.15) is 28.9 Å². The number of piperidine rings is 1. The molecule has 3 aromatic rings. The number of fused-ring (bicyclic) bond motifs is 1. The molecule has 2 aliphatic heterocycles. The highest BCUT2D eigenvalue weighted by molar-refractivity contribution is 7.98. The number of aromatic nitrogens is 2. The zero-order chi connectivity index (χ0) is 20.3. The van der Waals surface area contributed by atoms with Crippen molar-refractivity contribution in [1.29, 1.82) is 0 Å². The zero-order valence-corrected chi connectivity index (χ0v) is 17.6. The lowest BCUT2D eigenvalue weighted by molar-refractivity contribution is -0.0956. The maximum Gasteiger partial charge on any atom is 0.253 e. The largest absolute Gasteiger partial charge is 0.350 e. The zero-order valence-electron chi connectivity index (χ0n) is 16.8. The van der Waals surface area contributed by atoms with Crippen molar-refractivity contribution in [3.8, 4) is 0 Å². The van der Waals surface area contributed by atoms with Crippen LogP contribution in [0.4, 0.5) is 0 Å². The second-order valence-electron chi connectivity index (χ2n) is 7.75. The van der Waals surface area contributed by atoms with E-state index < -0.39 is 0 Å². The van der Waals surface area contributed by atoms with E-state index in [9.17, 15) is 4.79 Å². The summed E-state index contributed by atoms with van der Waals surface area (Å²) in [5, 5.41) is 0. The number of imidazole rings is 1. The van der Waals surface area contributed by atoms with Crippen LogP contribution in [0.15, 0.2) is 59.8 Å². The topological polar surface area (TPSA) is 56.1 Å². The number of pyridine rings is 1. The highest BCUT2D eigenvalue weighted by atomic mass is 32.2. The molecule has 2 fully saturated rings. The van der Waals surface area contributed by atoms with E-state index >= 15 is 0 Å². The molecule has 0 radical (unpaired) electrons. The third-order valence-corrected chi connectivity index (χ3v) is 6.81. The highest BCUT2D eigenvalue weighted by Gasteiger charge is 2.31. The van der Waals surface area contributed by atoms with Crippen molar-refractivity contribution in [3.05, 3.63) is 66.1 Å². The molecule has 0 spiro atoms. The fourth-order valence-corrected chi connectivity index (χ4v) is 4.90. The van der Waals surface area contributed by atoms with Gasteiger partial charge >= 0.3 is 0 Å². The Morgan fingerprint density at radius 1 is 1.07 bits per heavy atom. The molecule has 30 heavy (non-hydrogen) atoms. The molecule has 0 N–H and O–H groups in total. The summed E-state index contributed by atoms with van der Waals surface area (Å²) in [6, 6.07) is 13.9. The predicted octanol–water partition coefficient (Wildman–Crippen LogP) is 3.85. The molecular formula is C23H25N3O3S. The molecule has 5 rings (SSSR count). The first kappa shape index (κ1) is 19.6. The summed E-state index contributed by atoms with van der Waals surface area (Å²) in [5.74, 6) is 1.31. The molecule has 6 nitrogen and oxygen atoms in total. The van der Waals surface area contributed by atoms with E-state index in [2.05, 4.69) is 11.2 Å². The maximum absolute atomic E-state index is 12.9. The number of hydrogen-bond donors (Lipinski definition) is 0. The van der Waals surface area contributed by atoms with Crippen LogP contribution in [-0.2, 0) is 15.2 Å². The lowest BCUT2D eigenvalue weighted by atomic mass is 9.95. The number of carbonyl (C=O) groups excluding carboxylic acids is 1. The van der Waals surface area contributed by atoms with Gasteiger partial charge < -0.3 is 18.8 Å². The summed E-state index contributed by atoms with van der Waals surface area (Å²) in [5.41, 5.74) is 2.76. The molecular weight excluding hydrogens is 398 g/mol. The molecule has 4 heterocycles. The number of nitrogens with zero attached hydrogens (tertiary/aromatic N) is 3. The van der Waals surface area contributed by atoms with Gasteiger partial charge in [0.1, 0.15) is 5.65 Å². The molecule has 156 valence electrons. The Hall–Kier alpha value is -2.35. The van der Waals surface area contributed by atoms with E-state index in [0.717, 1.165) is 53.5 Å². The van der Waals surface area contributed by atoms with Gasteiger partial charge in [0.15, 0.2) is 6.29 Å². The van der Waals surface area contributed by atoms with E-state index in [-0.39, 0.29) is 12.2 Å². The van der Waals surface area contributed by atoms with Gasteiger partial charge in [0.05, 0.1) is 18.9 Å². The second-order valence-corrected chi connectivity index (χ2v) is 8.80. The van der Waals surface area contributed by atoms with Crippen LogP contribution >= 0.6 is 11.8 Å². The van der Waals surface area contributed by atoms with E-state index in [1.807, 2.05) is 58.0 Å². The summed E-state index contributed by atoms with van der Waals surface area (Å²) in [6.07, 6.45) is 5.86. The molecule has 2 aromatic heterocycles. The minimum absolute atomic E-state index is 0.0773. The van der Waals surface area contributed by atoms with Gasteiger partial charge in [-0.2, -0.15) is 0 Å². The number of carbonyl (C=O) groups is 1. The van der Waals surface area contributed by atoms with E-state index in [1.165, 1.54) is 0 Å². The number of amides is 1. The number of rotatable bonds is 5. The van der Waals surface area contributed by atoms with Crippen LogP contribution in [0.2, 0.25) is 0 Å². The van der Waals surface area contributed by atoms with Crippen molar-refractivity contribution in [2.75, 3.05) is 26.3 Å². The Kier molecular flexibility index (Phi) is 5.75. The van der Waals surface area contributed by atoms with Crippen LogP contribution in [0.5, 0.6) is 0 Å². The Morgan fingerprint density at radius 2 is 1.83 bits per heavy atom. The van der Waals surface area contributed by atoms with Crippen molar-refractivity contribution in [2.24, 2.45) is 5.92 Å². The smallest absolute Gasteiger partial charge is 0.253 e. The van der Waals surface area contributed by atoms with Gasteiger partial charge in [-0.05, 0) is 49.2 Å². The number of hydrogen-bond acceptors (Lipinski definition) is 5. The summed E-state index contributed by atoms with van der Waals surface area (Å²) in [6.45, 7) is 2.89.